The van der Waals surface area contributed by atoms with Crippen molar-refractivity contribution in [3.05, 3.63) is 71.6 Å². The van der Waals surface area contributed by atoms with Gasteiger partial charge in [0.05, 0.1) is 16.7 Å². The molecule has 0 atom stereocenters. The molecule has 5 nitrogen and oxygen atoms in total. The highest BCUT2D eigenvalue weighted by atomic mass is 35.5. The van der Waals surface area contributed by atoms with Crippen molar-refractivity contribution < 1.29 is 0 Å². The lowest BCUT2D eigenvalue weighted by Crippen LogP contribution is -2.10. The Kier molecular flexibility index (Phi) is 5.00. The van der Waals surface area contributed by atoms with Gasteiger partial charge in [-0.05, 0) is 53.3 Å². The fourth-order valence-electron chi connectivity index (χ4n) is 2.81. The van der Waals surface area contributed by atoms with Gasteiger partial charge in [0.15, 0.2) is 0 Å². The monoisotopic (exact) mass is 409 g/mol. The Hall–Kier alpha value is -2.57. The van der Waals surface area contributed by atoms with Crippen LogP contribution in [0.25, 0.3) is 16.9 Å². The minimum atomic E-state index is 0.144. The lowest BCUT2D eigenvalue weighted by molar-refractivity contribution is 0.590. The van der Waals surface area contributed by atoms with E-state index in [1.54, 1.807) is 23.1 Å². The third kappa shape index (κ3) is 3.84. The van der Waals surface area contributed by atoms with Crippen LogP contribution in [0.4, 0.5) is 5.82 Å². The number of nitrogens with one attached hydrogen (secondary N) is 1. The highest BCUT2D eigenvalue weighted by molar-refractivity contribution is 8.00. The van der Waals surface area contributed by atoms with Crippen LogP contribution in [0.1, 0.15) is 26.3 Å². The summed E-state index contributed by atoms with van der Waals surface area (Å²) in [5.74, 6) is 0.833. The van der Waals surface area contributed by atoms with Gasteiger partial charge in [0, 0.05) is 17.3 Å². The van der Waals surface area contributed by atoms with E-state index in [9.17, 15) is 0 Å². The van der Waals surface area contributed by atoms with Crippen LogP contribution in [-0.4, -0.2) is 19.6 Å². The standard InChI is InChI=1S/C21H20ClN5S/c1-21(2,3)14-4-6-15(7-5-14)28-26-20-9-8-16(22)19-12-17(25-27(19)20)18-13-23-10-11-24-18/h4-13,26H,1-3H3. The first-order chi connectivity index (χ1) is 13.4. The van der Waals surface area contributed by atoms with Gasteiger partial charge in [0.2, 0.25) is 0 Å². The zero-order valence-corrected chi connectivity index (χ0v) is 17.4. The quantitative estimate of drug-likeness (QED) is 0.427. The van der Waals surface area contributed by atoms with E-state index in [2.05, 4.69) is 64.8 Å². The van der Waals surface area contributed by atoms with Crippen LogP contribution in [0.15, 0.2) is 66.0 Å². The van der Waals surface area contributed by atoms with E-state index >= 15 is 0 Å². The molecule has 0 bridgehead atoms. The average molecular weight is 410 g/mol. The third-order valence-electron chi connectivity index (χ3n) is 4.39. The van der Waals surface area contributed by atoms with Gasteiger partial charge in [0.1, 0.15) is 17.2 Å². The highest BCUT2D eigenvalue weighted by Crippen LogP contribution is 2.29. The van der Waals surface area contributed by atoms with Crippen LogP contribution in [0, 0.1) is 0 Å². The van der Waals surface area contributed by atoms with E-state index in [1.165, 1.54) is 17.5 Å². The number of aromatic nitrogens is 4. The molecule has 0 saturated heterocycles. The molecule has 28 heavy (non-hydrogen) atoms. The molecule has 0 radical (unpaired) electrons. The molecule has 7 heteroatoms. The molecule has 0 saturated carbocycles. The summed E-state index contributed by atoms with van der Waals surface area (Å²) >= 11 is 7.91. The van der Waals surface area contributed by atoms with E-state index in [1.807, 2.05) is 18.2 Å². The van der Waals surface area contributed by atoms with Crippen molar-refractivity contribution in [2.24, 2.45) is 0 Å². The number of anilines is 1. The van der Waals surface area contributed by atoms with Crippen LogP contribution in [0.2, 0.25) is 5.02 Å². The lowest BCUT2D eigenvalue weighted by atomic mass is 9.87. The minimum Gasteiger partial charge on any atom is -0.310 e. The van der Waals surface area contributed by atoms with E-state index in [0.717, 1.165) is 21.9 Å². The number of hydrogen-bond donors (Lipinski definition) is 1. The summed E-state index contributed by atoms with van der Waals surface area (Å²) in [6, 6.07) is 14.3. The molecule has 0 aliphatic heterocycles. The Morgan fingerprint density at radius 1 is 1.00 bits per heavy atom. The Balaban J connectivity index is 1.60. The topological polar surface area (TPSA) is 55.1 Å². The number of pyridine rings is 1. The van der Waals surface area contributed by atoms with Crippen molar-refractivity contribution >= 4 is 34.9 Å². The zero-order chi connectivity index (χ0) is 19.7. The number of nitrogens with zero attached hydrogens (tertiary/aromatic N) is 4. The summed E-state index contributed by atoms with van der Waals surface area (Å²) in [6.07, 6.45) is 4.98. The van der Waals surface area contributed by atoms with Crippen molar-refractivity contribution in [3.63, 3.8) is 0 Å². The minimum absolute atomic E-state index is 0.144. The second-order valence-electron chi connectivity index (χ2n) is 7.46. The molecule has 1 N–H and O–H groups in total. The predicted octanol–water partition coefficient (Wildman–Crippen LogP) is 5.86. The van der Waals surface area contributed by atoms with Gasteiger partial charge in [-0.3, -0.25) is 9.97 Å². The normalized spacial score (nSPS) is 11.7. The largest absolute Gasteiger partial charge is 0.310 e. The van der Waals surface area contributed by atoms with Crippen LogP contribution in [0.5, 0.6) is 0 Å². The van der Waals surface area contributed by atoms with Crippen LogP contribution in [0.3, 0.4) is 0 Å². The van der Waals surface area contributed by atoms with Gasteiger partial charge in [-0.15, -0.1) is 0 Å². The van der Waals surface area contributed by atoms with E-state index in [-0.39, 0.29) is 5.41 Å². The van der Waals surface area contributed by atoms with Crippen molar-refractivity contribution in [2.75, 3.05) is 4.72 Å². The fourth-order valence-corrected chi connectivity index (χ4v) is 3.66. The molecule has 0 unspecified atom stereocenters. The summed E-state index contributed by atoms with van der Waals surface area (Å²) in [4.78, 5) is 9.55. The molecule has 1 aromatic carbocycles. The van der Waals surface area contributed by atoms with Crippen molar-refractivity contribution in [2.45, 2.75) is 31.1 Å². The molecule has 142 valence electrons. The van der Waals surface area contributed by atoms with Gasteiger partial charge in [-0.2, -0.15) is 5.10 Å². The van der Waals surface area contributed by atoms with E-state index in [4.69, 9.17) is 11.6 Å². The first-order valence-electron chi connectivity index (χ1n) is 8.90. The van der Waals surface area contributed by atoms with Crippen molar-refractivity contribution in [3.8, 4) is 11.4 Å². The first kappa shape index (κ1) is 18.8. The average Bonchev–Trinajstić information content (AvgIpc) is 3.14. The summed E-state index contributed by atoms with van der Waals surface area (Å²) in [7, 11) is 0. The van der Waals surface area contributed by atoms with Crippen LogP contribution < -0.4 is 4.72 Å². The predicted molar refractivity (Wildman–Crippen MR) is 116 cm³/mol. The van der Waals surface area contributed by atoms with E-state index in [0.29, 0.717) is 10.7 Å². The van der Waals surface area contributed by atoms with Gasteiger partial charge < -0.3 is 4.72 Å². The molecule has 0 spiro atoms. The molecule has 0 aliphatic rings. The summed E-state index contributed by atoms with van der Waals surface area (Å²) in [5.41, 5.74) is 3.70. The Labute approximate surface area is 173 Å². The maximum Gasteiger partial charge on any atom is 0.138 e. The number of benzene rings is 1. The molecular weight excluding hydrogens is 390 g/mol. The van der Waals surface area contributed by atoms with Gasteiger partial charge in [-0.1, -0.05) is 44.5 Å². The number of fused-ring (bicyclic) bond motifs is 1. The SMILES string of the molecule is CC(C)(C)c1ccc(SNc2ccc(Cl)c3cc(-c4cnccn4)nn23)cc1. The van der Waals surface area contributed by atoms with E-state index < -0.39 is 0 Å². The highest BCUT2D eigenvalue weighted by Gasteiger charge is 2.14. The fraction of sp³-hybridized carbons (Fsp3) is 0.190. The molecule has 4 rings (SSSR count). The first-order valence-corrected chi connectivity index (χ1v) is 10.1. The van der Waals surface area contributed by atoms with Crippen LogP contribution >= 0.6 is 23.5 Å². The lowest BCUT2D eigenvalue weighted by Gasteiger charge is -2.19. The maximum absolute atomic E-state index is 6.38. The van der Waals surface area contributed by atoms with Gasteiger partial charge >= 0.3 is 0 Å². The van der Waals surface area contributed by atoms with Crippen molar-refractivity contribution in [1.82, 2.24) is 19.6 Å². The van der Waals surface area contributed by atoms with Gasteiger partial charge in [-0.25, -0.2) is 4.52 Å². The second-order valence-corrected chi connectivity index (χ2v) is 8.75. The Bertz CT molecular complexity index is 1100. The summed E-state index contributed by atoms with van der Waals surface area (Å²) in [6.45, 7) is 6.64. The number of rotatable bonds is 4. The molecular formula is C21H20ClN5S. The Morgan fingerprint density at radius 2 is 1.79 bits per heavy atom. The van der Waals surface area contributed by atoms with Gasteiger partial charge in [0.25, 0.3) is 0 Å². The molecule has 3 aromatic heterocycles. The van der Waals surface area contributed by atoms with Crippen molar-refractivity contribution in [1.29, 1.82) is 0 Å². The molecule has 0 amide bonds. The molecule has 3 heterocycles. The third-order valence-corrected chi connectivity index (χ3v) is 5.53. The number of hydrogen-bond acceptors (Lipinski definition) is 5. The maximum atomic E-state index is 6.38. The summed E-state index contributed by atoms with van der Waals surface area (Å²) in [5, 5.41) is 5.29. The smallest absolute Gasteiger partial charge is 0.138 e. The zero-order valence-electron chi connectivity index (χ0n) is 15.8. The summed E-state index contributed by atoms with van der Waals surface area (Å²) < 4.78 is 5.17. The number of halogens is 1. The molecule has 0 aliphatic carbocycles. The molecule has 4 aromatic rings. The second kappa shape index (κ2) is 7.45. The van der Waals surface area contributed by atoms with Crippen LogP contribution in [-0.2, 0) is 5.41 Å². The molecule has 0 fully saturated rings. The Morgan fingerprint density at radius 3 is 2.46 bits per heavy atom.